The molecular weight excluding hydrogens is 260 g/mol. The fourth-order valence-electron chi connectivity index (χ4n) is 1.68. The van der Waals surface area contributed by atoms with Gasteiger partial charge in [0.05, 0.1) is 11.5 Å². The minimum atomic E-state index is -0.570. The van der Waals surface area contributed by atoms with Crippen LogP contribution < -0.4 is 11.1 Å². The third-order valence-electron chi connectivity index (χ3n) is 2.78. The topological polar surface area (TPSA) is 114 Å². The van der Waals surface area contributed by atoms with Crippen molar-refractivity contribution in [3.63, 3.8) is 0 Å². The molecule has 0 aliphatic carbocycles. The average molecular weight is 274 g/mol. The van der Waals surface area contributed by atoms with E-state index in [-0.39, 0.29) is 18.1 Å². The number of rotatable bonds is 5. The SMILES string of the molecule is Nc1nc(NCc2ccc(CO)cc2)ccc1[N+](=O)[O-]. The van der Waals surface area contributed by atoms with Gasteiger partial charge in [-0.25, -0.2) is 4.98 Å². The number of nitro groups is 1. The molecular formula is C13H14N4O3. The van der Waals surface area contributed by atoms with Crippen LogP contribution in [0.25, 0.3) is 0 Å². The summed E-state index contributed by atoms with van der Waals surface area (Å²) in [7, 11) is 0. The largest absolute Gasteiger partial charge is 0.392 e. The second kappa shape index (κ2) is 5.98. The molecule has 0 saturated carbocycles. The van der Waals surface area contributed by atoms with Gasteiger partial charge < -0.3 is 16.2 Å². The van der Waals surface area contributed by atoms with Gasteiger partial charge in [0.25, 0.3) is 0 Å². The summed E-state index contributed by atoms with van der Waals surface area (Å²) >= 11 is 0. The fourth-order valence-corrected chi connectivity index (χ4v) is 1.68. The summed E-state index contributed by atoms with van der Waals surface area (Å²) in [6.45, 7) is 0.518. The standard InChI is InChI=1S/C13H14N4O3/c14-13-11(17(19)20)5-6-12(16-13)15-7-9-1-3-10(8-18)4-2-9/h1-6,18H,7-8H2,(H3,14,15,16). The highest BCUT2D eigenvalue weighted by Gasteiger charge is 2.12. The fraction of sp³-hybridized carbons (Fsp3) is 0.154. The number of hydrogen-bond acceptors (Lipinski definition) is 6. The van der Waals surface area contributed by atoms with Crippen molar-refractivity contribution >= 4 is 17.3 Å². The summed E-state index contributed by atoms with van der Waals surface area (Å²) in [5.74, 6) is 0.356. The van der Waals surface area contributed by atoms with Crippen LogP contribution in [0.4, 0.5) is 17.3 Å². The molecule has 20 heavy (non-hydrogen) atoms. The molecule has 7 nitrogen and oxygen atoms in total. The van der Waals surface area contributed by atoms with E-state index in [0.29, 0.717) is 12.4 Å². The first-order valence-electron chi connectivity index (χ1n) is 5.93. The van der Waals surface area contributed by atoms with Gasteiger partial charge in [0.15, 0.2) is 0 Å². The van der Waals surface area contributed by atoms with Crippen molar-refractivity contribution in [2.75, 3.05) is 11.1 Å². The van der Waals surface area contributed by atoms with Gasteiger partial charge in [-0.1, -0.05) is 24.3 Å². The Bertz CT molecular complexity index is 614. The van der Waals surface area contributed by atoms with Crippen LogP contribution in [0.2, 0.25) is 0 Å². The molecule has 0 bridgehead atoms. The highest BCUT2D eigenvalue weighted by Crippen LogP contribution is 2.21. The lowest BCUT2D eigenvalue weighted by Gasteiger charge is -2.07. The van der Waals surface area contributed by atoms with Crippen LogP contribution in [0.5, 0.6) is 0 Å². The number of nitrogens with one attached hydrogen (secondary N) is 1. The van der Waals surface area contributed by atoms with Crippen LogP contribution >= 0.6 is 0 Å². The van der Waals surface area contributed by atoms with Crippen molar-refractivity contribution in [3.8, 4) is 0 Å². The lowest BCUT2D eigenvalue weighted by Crippen LogP contribution is -2.05. The third-order valence-corrected chi connectivity index (χ3v) is 2.78. The first kappa shape index (κ1) is 13.8. The molecule has 2 aromatic rings. The van der Waals surface area contributed by atoms with E-state index >= 15 is 0 Å². The number of anilines is 2. The molecule has 0 aliphatic rings. The maximum absolute atomic E-state index is 10.6. The second-order valence-electron chi connectivity index (χ2n) is 4.19. The van der Waals surface area contributed by atoms with Gasteiger partial charge >= 0.3 is 5.69 Å². The van der Waals surface area contributed by atoms with Gasteiger partial charge in [0, 0.05) is 12.6 Å². The zero-order chi connectivity index (χ0) is 14.5. The zero-order valence-corrected chi connectivity index (χ0v) is 10.6. The first-order chi connectivity index (χ1) is 9.60. The van der Waals surface area contributed by atoms with Crippen LogP contribution in [0.3, 0.4) is 0 Å². The third kappa shape index (κ3) is 3.21. The zero-order valence-electron chi connectivity index (χ0n) is 10.6. The molecule has 7 heteroatoms. The minimum absolute atomic E-state index is 0.00809. The molecule has 0 amide bonds. The molecule has 1 aromatic carbocycles. The molecule has 0 fully saturated rings. The summed E-state index contributed by atoms with van der Waals surface area (Å²) in [5, 5.41) is 22.6. The van der Waals surface area contributed by atoms with Crippen molar-refractivity contribution in [1.29, 1.82) is 0 Å². The molecule has 0 atom stereocenters. The number of aliphatic hydroxyl groups is 1. The van der Waals surface area contributed by atoms with Gasteiger partial charge in [0.2, 0.25) is 5.82 Å². The van der Waals surface area contributed by atoms with Gasteiger partial charge in [-0.05, 0) is 17.2 Å². The van der Waals surface area contributed by atoms with E-state index in [1.165, 1.54) is 12.1 Å². The van der Waals surface area contributed by atoms with Crippen LogP contribution in [0, 0.1) is 10.1 Å². The normalized spacial score (nSPS) is 10.2. The van der Waals surface area contributed by atoms with Crippen LogP contribution in [-0.4, -0.2) is 15.0 Å². The van der Waals surface area contributed by atoms with Crippen LogP contribution in [-0.2, 0) is 13.2 Å². The molecule has 0 spiro atoms. The Kier molecular flexibility index (Phi) is 4.11. The molecule has 1 heterocycles. The van der Waals surface area contributed by atoms with E-state index in [9.17, 15) is 10.1 Å². The van der Waals surface area contributed by atoms with E-state index in [1.807, 2.05) is 24.3 Å². The van der Waals surface area contributed by atoms with E-state index in [4.69, 9.17) is 10.8 Å². The number of nitrogen functional groups attached to an aromatic ring is 1. The summed E-state index contributed by atoms with van der Waals surface area (Å²) in [5.41, 5.74) is 7.14. The number of nitrogens with two attached hydrogens (primary N) is 1. The van der Waals surface area contributed by atoms with E-state index in [1.54, 1.807) is 0 Å². The number of hydrogen-bond donors (Lipinski definition) is 3. The second-order valence-corrected chi connectivity index (χ2v) is 4.19. The predicted octanol–water partition coefficient (Wildman–Crippen LogP) is 1.68. The van der Waals surface area contributed by atoms with Crippen molar-refractivity contribution in [1.82, 2.24) is 4.98 Å². The Hall–Kier alpha value is -2.67. The quantitative estimate of drug-likeness (QED) is 0.564. The number of aromatic nitrogens is 1. The van der Waals surface area contributed by atoms with Gasteiger partial charge in [0.1, 0.15) is 5.82 Å². The van der Waals surface area contributed by atoms with Crippen molar-refractivity contribution in [2.24, 2.45) is 0 Å². The molecule has 4 N–H and O–H groups in total. The summed E-state index contributed by atoms with van der Waals surface area (Å²) < 4.78 is 0. The monoisotopic (exact) mass is 274 g/mol. The maximum Gasteiger partial charge on any atom is 0.311 e. The molecule has 104 valence electrons. The van der Waals surface area contributed by atoms with E-state index < -0.39 is 4.92 Å². The Morgan fingerprint density at radius 3 is 2.40 bits per heavy atom. The number of benzene rings is 1. The molecule has 1 aromatic heterocycles. The number of aliphatic hydroxyl groups excluding tert-OH is 1. The van der Waals surface area contributed by atoms with E-state index in [2.05, 4.69) is 10.3 Å². The molecule has 0 saturated heterocycles. The molecule has 2 rings (SSSR count). The molecule has 0 unspecified atom stereocenters. The Morgan fingerprint density at radius 1 is 1.20 bits per heavy atom. The van der Waals surface area contributed by atoms with Gasteiger partial charge in [-0.2, -0.15) is 0 Å². The highest BCUT2D eigenvalue weighted by molar-refractivity contribution is 5.57. The smallest absolute Gasteiger partial charge is 0.311 e. The Morgan fingerprint density at radius 2 is 1.85 bits per heavy atom. The Balaban J connectivity index is 2.03. The predicted molar refractivity (Wildman–Crippen MR) is 75.0 cm³/mol. The van der Waals surface area contributed by atoms with Gasteiger partial charge in [-0.15, -0.1) is 0 Å². The summed E-state index contributed by atoms with van der Waals surface area (Å²) in [6.07, 6.45) is 0. The van der Waals surface area contributed by atoms with Crippen molar-refractivity contribution in [3.05, 3.63) is 57.6 Å². The summed E-state index contributed by atoms with van der Waals surface area (Å²) in [6, 6.07) is 10.2. The molecule has 0 radical (unpaired) electrons. The highest BCUT2D eigenvalue weighted by atomic mass is 16.6. The van der Waals surface area contributed by atoms with Gasteiger partial charge in [-0.3, -0.25) is 10.1 Å². The Labute approximate surface area is 115 Å². The minimum Gasteiger partial charge on any atom is -0.392 e. The lowest BCUT2D eigenvalue weighted by atomic mass is 10.1. The summed E-state index contributed by atoms with van der Waals surface area (Å²) in [4.78, 5) is 14.0. The number of nitrogens with zero attached hydrogens (tertiary/aromatic N) is 2. The van der Waals surface area contributed by atoms with Crippen LogP contribution in [0.1, 0.15) is 11.1 Å². The average Bonchev–Trinajstić information content (AvgIpc) is 2.45. The van der Waals surface area contributed by atoms with E-state index in [0.717, 1.165) is 11.1 Å². The maximum atomic E-state index is 10.6. The van der Waals surface area contributed by atoms with Crippen molar-refractivity contribution in [2.45, 2.75) is 13.2 Å². The lowest BCUT2D eigenvalue weighted by molar-refractivity contribution is -0.384. The number of pyridine rings is 1. The first-order valence-corrected chi connectivity index (χ1v) is 5.93. The van der Waals surface area contributed by atoms with Crippen LogP contribution in [0.15, 0.2) is 36.4 Å². The van der Waals surface area contributed by atoms with Crippen molar-refractivity contribution < 1.29 is 10.0 Å². The molecule has 0 aliphatic heterocycles.